The van der Waals surface area contributed by atoms with Gasteiger partial charge in [-0.3, -0.25) is 9.59 Å². The molecule has 1 saturated carbocycles. The number of hydrogen-bond acceptors (Lipinski definition) is 4. The molecule has 0 aromatic heterocycles. The van der Waals surface area contributed by atoms with Gasteiger partial charge in [0, 0.05) is 17.1 Å². The molecule has 1 atom stereocenters. The second kappa shape index (κ2) is 9.89. The molecule has 1 aliphatic carbocycles. The zero-order valence-corrected chi connectivity index (χ0v) is 19.5. The number of esters is 1. The summed E-state index contributed by atoms with van der Waals surface area (Å²) in [4.78, 5) is 38.0. The van der Waals surface area contributed by atoms with Crippen LogP contribution in [0.4, 0.5) is 13.2 Å². The van der Waals surface area contributed by atoms with Crippen molar-refractivity contribution in [2.75, 3.05) is 6.54 Å². The highest BCUT2D eigenvalue weighted by atomic mass is 35.5. The van der Waals surface area contributed by atoms with E-state index in [-0.39, 0.29) is 30.2 Å². The van der Waals surface area contributed by atoms with Gasteiger partial charge in [0.15, 0.2) is 0 Å². The fourth-order valence-electron chi connectivity index (χ4n) is 4.88. The van der Waals surface area contributed by atoms with Gasteiger partial charge in [-0.1, -0.05) is 36.2 Å². The molecule has 0 bridgehead atoms. The number of hydrogen-bond donors (Lipinski definition) is 1. The number of fused-ring (bicyclic) bond motifs is 1. The van der Waals surface area contributed by atoms with Crippen LogP contribution in [0.2, 0.25) is 5.02 Å². The van der Waals surface area contributed by atoms with Crippen molar-refractivity contribution in [3.05, 3.63) is 58.1 Å². The first-order valence-corrected chi connectivity index (χ1v) is 11.8. The molecule has 2 amide bonds. The van der Waals surface area contributed by atoms with Crippen LogP contribution in [0.3, 0.4) is 0 Å². The predicted octanol–water partition coefficient (Wildman–Crippen LogP) is 4.97. The van der Waals surface area contributed by atoms with E-state index in [9.17, 15) is 27.6 Å². The Morgan fingerprint density at radius 3 is 2.34 bits per heavy atom. The summed E-state index contributed by atoms with van der Waals surface area (Å²) in [5.74, 6) is -3.96. The van der Waals surface area contributed by atoms with Crippen molar-refractivity contribution < 1.29 is 32.3 Å². The number of primary amides is 1. The van der Waals surface area contributed by atoms with Crippen LogP contribution in [0.1, 0.15) is 59.6 Å². The van der Waals surface area contributed by atoms with Gasteiger partial charge in [-0.2, -0.15) is 13.2 Å². The second-order valence-electron chi connectivity index (χ2n) is 8.79. The van der Waals surface area contributed by atoms with Crippen LogP contribution in [-0.2, 0) is 20.7 Å². The summed E-state index contributed by atoms with van der Waals surface area (Å²) in [6.45, 7) is -0.373. The van der Waals surface area contributed by atoms with Crippen LogP contribution in [0.15, 0.2) is 36.4 Å². The van der Waals surface area contributed by atoms with Crippen LogP contribution in [0, 0.1) is 0 Å². The van der Waals surface area contributed by atoms with Crippen LogP contribution in [-0.4, -0.2) is 41.5 Å². The summed E-state index contributed by atoms with van der Waals surface area (Å²) < 4.78 is 45.5. The van der Waals surface area contributed by atoms with E-state index in [0.717, 1.165) is 32.1 Å². The lowest BCUT2D eigenvalue weighted by molar-refractivity contribution is -0.188. The van der Waals surface area contributed by atoms with Gasteiger partial charge in [0.1, 0.15) is 12.1 Å². The first kappa shape index (κ1) is 25.0. The Labute approximate surface area is 205 Å². The lowest BCUT2D eigenvalue weighted by Crippen LogP contribution is -2.50. The highest BCUT2D eigenvalue weighted by Crippen LogP contribution is 2.41. The van der Waals surface area contributed by atoms with Crippen molar-refractivity contribution in [3.8, 4) is 11.1 Å². The smallest absolute Gasteiger partial charge is 0.459 e. The Kier molecular flexibility index (Phi) is 7.07. The highest BCUT2D eigenvalue weighted by Gasteiger charge is 2.48. The van der Waals surface area contributed by atoms with Crippen LogP contribution < -0.4 is 5.73 Å². The maximum absolute atomic E-state index is 13.3. The first-order chi connectivity index (χ1) is 16.6. The molecule has 1 heterocycles. The average molecular weight is 509 g/mol. The van der Waals surface area contributed by atoms with Gasteiger partial charge < -0.3 is 15.4 Å². The summed E-state index contributed by atoms with van der Waals surface area (Å²) in [6.07, 6.45) is -1.04. The molecule has 2 N–H and O–H groups in total. The number of nitrogens with two attached hydrogens (primary N) is 1. The zero-order valence-electron chi connectivity index (χ0n) is 18.7. The molecular formula is C25H24ClF3N2O4. The molecule has 0 spiro atoms. The molecule has 1 fully saturated rings. The normalized spacial score (nSPS) is 18.6. The van der Waals surface area contributed by atoms with Crippen molar-refractivity contribution >= 4 is 29.4 Å². The molecule has 1 unspecified atom stereocenters. The third-order valence-corrected chi connectivity index (χ3v) is 6.82. The second-order valence-corrected chi connectivity index (χ2v) is 9.20. The predicted molar refractivity (Wildman–Crippen MR) is 123 cm³/mol. The van der Waals surface area contributed by atoms with E-state index in [2.05, 4.69) is 0 Å². The number of benzene rings is 2. The van der Waals surface area contributed by atoms with Gasteiger partial charge in [-0.15, -0.1) is 0 Å². The van der Waals surface area contributed by atoms with Gasteiger partial charge in [0.25, 0.3) is 0 Å². The summed E-state index contributed by atoms with van der Waals surface area (Å²) in [5, 5.41) is 0.358. The minimum atomic E-state index is -5.19. The number of carbonyl (C=O) groups is 3. The van der Waals surface area contributed by atoms with Crippen LogP contribution in [0.5, 0.6) is 0 Å². The summed E-state index contributed by atoms with van der Waals surface area (Å²) >= 11 is 6.41. The molecular weight excluding hydrogens is 485 g/mol. The van der Waals surface area contributed by atoms with E-state index in [4.69, 9.17) is 22.1 Å². The Morgan fingerprint density at radius 1 is 1.03 bits per heavy atom. The lowest BCUT2D eigenvalue weighted by Gasteiger charge is -2.37. The van der Waals surface area contributed by atoms with E-state index < -0.39 is 30.0 Å². The van der Waals surface area contributed by atoms with Crippen molar-refractivity contribution in [2.24, 2.45) is 5.73 Å². The number of carbonyl (C=O) groups excluding carboxylic acids is 3. The van der Waals surface area contributed by atoms with Crippen molar-refractivity contribution in [2.45, 2.75) is 56.8 Å². The molecule has 186 valence electrons. The Balaban J connectivity index is 1.85. The van der Waals surface area contributed by atoms with E-state index in [1.54, 1.807) is 30.3 Å². The fraction of sp³-hybridized carbons (Fsp3) is 0.400. The number of amides is 2. The molecule has 4 rings (SSSR count). The monoisotopic (exact) mass is 508 g/mol. The molecule has 2 aromatic carbocycles. The lowest BCUT2D eigenvalue weighted by atomic mass is 9.84. The number of alkyl halides is 3. The largest absolute Gasteiger partial charge is 0.471 e. The van der Waals surface area contributed by atoms with Gasteiger partial charge in [0.2, 0.25) is 5.91 Å². The standard InChI is InChI=1S/C25H24ClF3N2O4/c26-20-9-5-4-8-17(20)18-12-14(23(33)35-15-6-2-1-3-7-15)13-19-16(18)10-11-31(21(19)22(30)32)24(34)25(27,28)29/h4-5,8-9,12-13,15,21H,1-3,6-7,10-11H2,(H2,30,32). The summed E-state index contributed by atoms with van der Waals surface area (Å²) in [6, 6.07) is 7.99. The third kappa shape index (κ3) is 5.15. The zero-order chi connectivity index (χ0) is 25.3. The van der Waals surface area contributed by atoms with Gasteiger partial charge in [-0.25, -0.2) is 4.79 Å². The molecule has 10 heteroatoms. The maximum atomic E-state index is 13.3. The first-order valence-electron chi connectivity index (χ1n) is 11.4. The molecule has 0 saturated heterocycles. The highest BCUT2D eigenvalue weighted by molar-refractivity contribution is 6.33. The fourth-order valence-corrected chi connectivity index (χ4v) is 5.11. The maximum Gasteiger partial charge on any atom is 0.471 e. The Morgan fingerprint density at radius 2 is 1.71 bits per heavy atom. The molecule has 2 aliphatic rings. The average Bonchev–Trinajstić information content (AvgIpc) is 2.82. The van der Waals surface area contributed by atoms with E-state index in [1.807, 2.05) is 0 Å². The van der Waals surface area contributed by atoms with Crippen molar-refractivity contribution in [1.82, 2.24) is 4.90 Å². The van der Waals surface area contributed by atoms with E-state index in [0.29, 0.717) is 26.6 Å². The molecule has 2 aromatic rings. The minimum absolute atomic E-state index is 0.0133. The van der Waals surface area contributed by atoms with Gasteiger partial charge in [0.05, 0.1) is 5.56 Å². The van der Waals surface area contributed by atoms with Crippen molar-refractivity contribution in [1.29, 1.82) is 0 Å². The third-order valence-electron chi connectivity index (χ3n) is 6.49. The number of rotatable bonds is 4. The quantitative estimate of drug-likeness (QED) is 0.590. The summed E-state index contributed by atoms with van der Waals surface area (Å²) in [7, 11) is 0. The van der Waals surface area contributed by atoms with Crippen molar-refractivity contribution in [3.63, 3.8) is 0 Å². The topological polar surface area (TPSA) is 89.7 Å². The SMILES string of the molecule is NC(=O)C1c2cc(C(=O)OC3CCCCC3)cc(-c3ccccc3Cl)c2CCN1C(=O)C(F)(F)F. The number of halogens is 4. The molecule has 6 nitrogen and oxygen atoms in total. The van der Waals surface area contributed by atoms with E-state index >= 15 is 0 Å². The molecule has 35 heavy (non-hydrogen) atoms. The van der Waals surface area contributed by atoms with Crippen LogP contribution in [0.25, 0.3) is 11.1 Å². The number of nitrogens with zero attached hydrogens (tertiary/aromatic N) is 1. The van der Waals surface area contributed by atoms with E-state index in [1.165, 1.54) is 6.07 Å². The Bertz CT molecular complexity index is 1160. The van der Waals surface area contributed by atoms with Crippen LogP contribution >= 0.6 is 11.6 Å². The molecule has 0 radical (unpaired) electrons. The summed E-state index contributed by atoms with van der Waals surface area (Å²) in [5.41, 5.74) is 7.14. The number of ether oxygens (including phenoxy) is 1. The minimum Gasteiger partial charge on any atom is -0.459 e. The van der Waals surface area contributed by atoms with Gasteiger partial charge >= 0.3 is 18.1 Å². The van der Waals surface area contributed by atoms with Gasteiger partial charge in [-0.05, 0) is 67.0 Å². The Hall–Kier alpha value is -3.07. The molecule has 1 aliphatic heterocycles.